The highest BCUT2D eigenvalue weighted by molar-refractivity contribution is 6.07. The topological polar surface area (TPSA) is 187 Å². The van der Waals surface area contributed by atoms with Crippen molar-refractivity contribution in [3.05, 3.63) is 78.0 Å². The molecule has 1 aliphatic rings. The van der Waals surface area contributed by atoms with E-state index < -0.39 is 30.4 Å². The van der Waals surface area contributed by atoms with Crippen molar-refractivity contribution in [1.82, 2.24) is 4.98 Å². The van der Waals surface area contributed by atoms with Gasteiger partial charge in [-0.1, -0.05) is 52.5 Å². The number of ether oxygens (including phenoxy) is 4. The molecule has 15 nitrogen and oxygen atoms in total. The number of nitrogens with two attached hydrogens (primary N) is 1. The number of esters is 1. The van der Waals surface area contributed by atoms with Crippen LogP contribution in [0.15, 0.2) is 76.8 Å². The minimum absolute atomic E-state index is 0.0514. The fourth-order valence-electron chi connectivity index (χ4n) is 6.18. The summed E-state index contributed by atoms with van der Waals surface area (Å²) in [7, 11) is 1.91. The fourth-order valence-corrected chi connectivity index (χ4v) is 6.18. The number of hydrogen-bond donors (Lipinski definition) is 2. The average molecular weight is 816 g/mol. The van der Waals surface area contributed by atoms with Crippen LogP contribution in [0.5, 0.6) is 0 Å². The first-order chi connectivity index (χ1) is 28.6. The van der Waals surface area contributed by atoms with E-state index >= 15 is 0 Å². The minimum Gasteiger partial charge on any atom is -0.448 e. The molecular formula is C44H61N7O8. The van der Waals surface area contributed by atoms with Crippen LogP contribution in [-0.2, 0) is 23.7 Å². The lowest BCUT2D eigenvalue weighted by Crippen LogP contribution is -2.34. The smallest absolute Gasteiger partial charge is 0.448 e. The minimum atomic E-state index is -1.17. The number of amides is 2. The first kappa shape index (κ1) is 47.4. The third-order valence-corrected chi connectivity index (χ3v) is 9.28. The molecule has 320 valence electrons. The normalized spacial score (nSPS) is 13.1. The molecule has 1 aliphatic carbocycles. The Morgan fingerprint density at radius 3 is 2.36 bits per heavy atom. The number of amidine groups is 1. The van der Waals surface area contributed by atoms with Gasteiger partial charge in [0.15, 0.2) is 0 Å². The van der Waals surface area contributed by atoms with Gasteiger partial charge in [0.25, 0.3) is 5.91 Å². The Morgan fingerprint density at radius 2 is 1.68 bits per heavy atom. The highest BCUT2D eigenvalue weighted by atomic mass is 16.8. The molecule has 0 spiro atoms. The van der Waals surface area contributed by atoms with Gasteiger partial charge in [0, 0.05) is 56.6 Å². The summed E-state index contributed by atoms with van der Waals surface area (Å²) in [4.78, 5) is 66.6. The molecule has 1 heterocycles. The predicted molar refractivity (Wildman–Crippen MR) is 232 cm³/mol. The van der Waals surface area contributed by atoms with E-state index in [1.54, 1.807) is 54.7 Å². The number of anilines is 3. The fraction of sp³-hybridized carbons (Fsp3) is 0.477. The van der Waals surface area contributed by atoms with E-state index in [4.69, 9.17) is 24.7 Å². The Hall–Kier alpha value is -5.99. The molecule has 2 amide bonds. The van der Waals surface area contributed by atoms with Gasteiger partial charge in [0.05, 0.1) is 24.4 Å². The Morgan fingerprint density at radius 1 is 0.949 bits per heavy atom. The molecule has 0 radical (unpaired) electrons. The number of carbonyl (C=O) groups is 4. The van der Waals surface area contributed by atoms with Gasteiger partial charge in [0.1, 0.15) is 17.8 Å². The molecule has 1 atom stereocenters. The van der Waals surface area contributed by atoms with Crippen LogP contribution >= 0.6 is 0 Å². The SMILES string of the molecule is C=Nc1cc(C(=O)N(CCC(=O)OC(C)OC(=O)OC2CCCCC2)c2ccccn2)ccc1N(C)CCNc1ccc(/C(N)=N/C(=O)OCCCCCC)cc1.CC. The molecule has 3 aromatic rings. The summed E-state index contributed by atoms with van der Waals surface area (Å²) in [6.07, 6.45) is 7.11. The van der Waals surface area contributed by atoms with Crippen molar-refractivity contribution in [1.29, 1.82) is 0 Å². The zero-order valence-corrected chi connectivity index (χ0v) is 35.2. The number of aliphatic imine (C=N–C) groups is 2. The van der Waals surface area contributed by atoms with Gasteiger partial charge in [-0.3, -0.25) is 19.5 Å². The quantitative estimate of drug-likeness (QED) is 0.0276. The van der Waals surface area contributed by atoms with Gasteiger partial charge in [-0.15, -0.1) is 0 Å². The van der Waals surface area contributed by atoms with Crippen LogP contribution in [0, 0.1) is 0 Å². The molecule has 0 saturated heterocycles. The van der Waals surface area contributed by atoms with Gasteiger partial charge >= 0.3 is 18.2 Å². The van der Waals surface area contributed by atoms with Crippen molar-refractivity contribution in [2.75, 3.05) is 48.4 Å². The standard InChI is InChI=1S/C42H55N7O8.C2H6/c1-5-6-7-13-28-54-41(52)47-39(43)31-17-20-33(21-18-31)45-25-27-48(4)36-22-19-32(29-35(36)44-3)40(51)49(37-16-11-12-24-46-37)26-23-38(50)55-30(2)56-42(53)57-34-14-9-8-10-15-34;1-2/h11-12,16-22,24,29-30,34,45H,3,5-10,13-15,23,25-28H2,1-2,4H3,(H2,43,47,52);1-2H3. The second-order valence-electron chi connectivity index (χ2n) is 13.7. The summed E-state index contributed by atoms with van der Waals surface area (Å²) in [5.41, 5.74) is 9.04. The number of nitrogens with zero attached hydrogens (tertiary/aromatic N) is 5. The lowest BCUT2D eigenvalue weighted by molar-refractivity contribution is -0.168. The van der Waals surface area contributed by atoms with Crippen molar-refractivity contribution in [3.63, 3.8) is 0 Å². The predicted octanol–water partition coefficient (Wildman–Crippen LogP) is 8.82. The van der Waals surface area contributed by atoms with Gasteiger partial charge < -0.3 is 34.9 Å². The van der Waals surface area contributed by atoms with Crippen molar-refractivity contribution in [3.8, 4) is 0 Å². The molecule has 15 heteroatoms. The van der Waals surface area contributed by atoms with E-state index in [-0.39, 0.29) is 24.9 Å². The maximum Gasteiger partial charge on any atom is 0.511 e. The van der Waals surface area contributed by atoms with Gasteiger partial charge in [-0.25, -0.2) is 14.6 Å². The molecule has 0 bridgehead atoms. The zero-order valence-electron chi connectivity index (χ0n) is 35.2. The van der Waals surface area contributed by atoms with Crippen LogP contribution in [0.4, 0.5) is 32.5 Å². The van der Waals surface area contributed by atoms with E-state index in [1.165, 1.54) is 11.8 Å². The van der Waals surface area contributed by atoms with E-state index in [0.29, 0.717) is 42.3 Å². The van der Waals surface area contributed by atoms with Crippen LogP contribution in [0.2, 0.25) is 0 Å². The summed E-state index contributed by atoms with van der Waals surface area (Å²) < 4.78 is 20.9. The number of nitrogens with one attached hydrogen (secondary N) is 1. The Kier molecular flexibility index (Phi) is 21.0. The molecule has 59 heavy (non-hydrogen) atoms. The summed E-state index contributed by atoms with van der Waals surface area (Å²) in [6.45, 7) is 12.7. The summed E-state index contributed by atoms with van der Waals surface area (Å²) in [5.74, 6) is -0.646. The molecule has 2 aromatic carbocycles. The van der Waals surface area contributed by atoms with E-state index in [2.05, 4.69) is 33.9 Å². The van der Waals surface area contributed by atoms with Crippen LogP contribution in [0.3, 0.4) is 0 Å². The van der Waals surface area contributed by atoms with Crippen molar-refractivity contribution < 1.29 is 38.1 Å². The van der Waals surface area contributed by atoms with Gasteiger partial charge in [0.2, 0.25) is 6.29 Å². The highest BCUT2D eigenvalue weighted by Gasteiger charge is 2.24. The maximum absolute atomic E-state index is 13.9. The van der Waals surface area contributed by atoms with Gasteiger partial charge in [-0.05, 0) is 93.4 Å². The first-order valence-corrected chi connectivity index (χ1v) is 20.5. The third kappa shape index (κ3) is 16.4. The molecule has 1 unspecified atom stereocenters. The van der Waals surface area contributed by atoms with Crippen molar-refractivity contribution in [2.24, 2.45) is 15.7 Å². The second kappa shape index (κ2) is 26.1. The summed E-state index contributed by atoms with van der Waals surface area (Å²) >= 11 is 0. The van der Waals surface area contributed by atoms with E-state index in [9.17, 15) is 19.2 Å². The van der Waals surface area contributed by atoms with Crippen LogP contribution in [-0.4, -0.2) is 87.3 Å². The number of rotatable bonds is 20. The molecular weight excluding hydrogens is 755 g/mol. The first-order valence-electron chi connectivity index (χ1n) is 20.5. The molecule has 3 N–H and O–H groups in total. The molecule has 1 saturated carbocycles. The number of benzene rings is 2. The Balaban J connectivity index is 0.00000458. The number of carbonyl (C=O) groups excluding carboxylic acids is 4. The third-order valence-electron chi connectivity index (χ3n) is 9.28. The zero-order chi connectivity index (χ0) is 43.0. The number of pyridine rings is 1. The lowest BCUT2D eigenvalue weighted by Gasteiger charge is -2.24. The molecule has 1 aromatic heterocycles. The number of aromatic nitrogens is 1. The molecule has 4 rings (SSSR count). The molecule has 0 aliphatic heterocycles. The number of hydrogen-bond acceptors (Lipinski definition) is 12. The maximum atomic E-state index is 13.9. The van der Waals surface area contributed by atoms with Crippen LogP contribution in [0.1, 0.15) is 108 Å². The summed E-state index contributed by atoms with van der Waals surface area (Å²) in [5, 5.41) is 3.36. The van der Waals surface area contributed by atoms with E-state index in [0.717, 1.165) is 69.2 Å². The monoisotopic (exact) mass is 815 g/mol. The Bertz CT molecular complexity index is 1800. The number of unbranched alkanes of at least 4 members (excludes halogenated alkanes) is 3. The largest absolute Gasteiger partial charge is 0.511 e. The average Bonchev–Trinajstić information content (AvgIpc) is 3.24. The Labute approximate surface area is 348 Å². The molecule has 1 fully saturated rings. The lowest BCUT2D eigenvalue weighted by atomic mass is 9.98. The highest BCUT2D eigenvalue weighted by Crippen LogP contribution is 2.30. The van der Waals surface area contributed by atoms with Crippen molar-refractivity contribution in [2.45, 2.75) is 104 Å². The number of likely N-dealkylation sites (N-methyl/N-ethyl adjacent to an activating group) is 1. The van der Waals surface area contributed by atoms with Crippen LogP contribution < -0.4 is 20.9 Å². The summed E-state index contributed by atoms with van der Waals surface area (Å²) in [6, 6.07) is 17.5. The van der Waals surface area contributed by atoms with Crippen LogP contribution in [0.25, 0.3) is 0 Å². The van der Waals surface area contributed by atoms with Crippen molar-refractivity contribution >= 4 is 59.6 Å². The van der Waals surface area contributed by atoms with Gasteiger partial charge in [-0.2, -0.15) is 4.99 Å². The van der Waals surface area contributed by atoms with E-state index in [1.807, 2.05) is 37.9 Å². The second-order valence-corrected chi connectivity index (χ2v) is 13.7.